The number of nitrogens with one attached hydrogen (secondary N) is 2. The highest BCUT2D eigenvalue weighted by molar-refractivity contribution is 7.92. The van der Waals surface area contributed by atoms with E-state index < -0.39 is 21.8 Å². The van der Waals surface area contributed by atoms with Gasteiger partial charge >= 0.3 is 0 Å². The molecule has 0 fully saturated rings. The summed E-state index contributed by atoms with van der Waals surface area (Å²) >= 11 is 6.08. The van der Waals surface area contributed by atoms with Crippen LogP contribution in [-0.2, 0) is 21.2 Å². The van der Waals surface area contributed by atoms with Crippen molar-refractivity contribution < 1.29 is 18.0 Å². The van der Waals surface area contributed by atoms with Crippen molar-refractivity contribution in [1.29, 1.82) is 0 Å². The molecule has 2 aromatic carbocycles. The van der Waals surface area contributed by atoms with Gasteiger partial charge < -0.3 is 10.6 Å². The van der Waals surface area contributed by atoms with Crippen molar-refractivity contribution in [3.63, 3.8) is 0 Å². The van der Waals surface area contributed by atoms with Crippen LogP contribution in [0, 0.1) is 6.92 Å². The first-order valence-corrected chi connectivity index (χ1v) is 10.8. The van der Waals surface area contributed by atoms with Crippen LogP contribution in [-0.4, -0.2) is 39.6 Å². The molecule has 1 aliphatic rings. The molecule has 0 aromatic heterocycles. The Morgan fingerprint density at radius 1 is 1.18 bits per heavy atom. The Morgan fingerprint density at radius 3 is 2.61 bits per heavy atom. The summed E-state index contributed by atoms with van der Waals surface area (Å²) in [4.78, 5) is 24.4. The van der Waals surface area contributed by atoms with Gasteiger partial charge in [-0.25, -0.2) is 8.42 Å². The molecule has 148 valence electrons. The molecular formula is C19H20ClN3O4S. The first-order chi connectivity index (χ1) is 13.1. The third kappa shape index (κ3) is 4.45. The maximum absolute atomic E-state index is 12.3. The largest absolute Gasteiger partial charge is 0.343 e. The molecule has 2 aromatic rings. The molecule has 1 aliphatic heterocycles. The summed E-state index contributed by atoms with van der Waals surface area (Å²) in [7, 11) is -3.34. The lowest BCUT2D eigenvalue weighted by Gasteiger charge is -2.16. The minimum Gasteiger partial charge on any atom is -0.343 e. The number of carbonyl (C=O) groups is 2. The predicted molar refractivity (Wildman–Crippen MR) is 109 cm³/mol. The van der Waals surface area contributed by atoms with Gasteiger partial charge in [-0.3, -0.25) is 13.9 Å². The standard InChI is InChI=1S/C19H20ClN3O4S/c1-12-3-5-16(15(20)9-12)22-18(24)11-21-19(25)14-4-6-17-13(10-14)7-8-23(17)28(2,26)27/h3-6,9-10H,7-8,11H2,1-2H3,(H,21,25)(H,22,24). The molecule has 2 amide bonds. The molecule has 2 N–H and O–H groups in total. The molecule has 0 saturated heterocycles. The van der Waals surface area contributed by atoms with Crippen LogP contribution in [0.3, 0.4) is 0 Å². The molecule has 0 bridgehead atoms. The summed E-state index contributed by atoms with van der Waals surface area (Å²) in [6.07, 6.45) is 1.69. The van der Waals surface area contributed by atoms with E-state index in [0.717, 1.165) is 17.4 Å². The van der Waals surface area contributed by atoms with Crippen LogP contribution in [0.2, 0.25) is 5.02 Å². The predicted octanol–water partition coefficient (Wildman–Crippen LogP) is 2.34. The molecule has 0 radical (unpaired) electrons. The van der Waals surface area contributed by atoms with Crippen molar-refractivity contribution in [2.45, 2.75) is 13.3 Å². The molecule has 0 saturated carbocycles. The van der Waals surface area contributed by atoms with Crippen molar-refractivity contribution >= 4 is 44.8 Å². The first-order valence-electron chi connectivity index (χ1n) is 8.60. The van der Waals surface area contributed by atoms with Crippen LogP contribution in [0.1, 0.15) is 21.5 Å². The number of anilines is 2. The van der Waals surface area contributed by atoms with Gasteiger partial charge in [-0.15, -0.1) is 0 Å². The van der Waals surface area contributed by atoms with Crippen LogP contribution in [0.5, 0.6) is 0 Å². The summed E-state index contributed by atoms with van der Waals surface area (Å²) < 4.78 is 24.9. The SMILES string of the molecule is Cc1ccc(NC(=O)CNC(=O)c2ccc3c(c2)CCN3S(C)(=O)=O)c(Cl)c1. The van der Waals surface area contributed by atoms with Gasteiger partial charge in [0.25, 0.3) is 5.91 Å². The van der Waals surface area contributed by atoms with E-state index in [4.69, 9.17) is 11.6 Å². The van der Waals surface area contributed by atoms with Gasteiger partial charge in [0.2, 0.25) is 15.9 Å². The van der Waals surface area contributed by atoms with E-state index in [1.54, 1.807) is 30.3 Å². The smallest absolute Gasteiger partial charge is 0.251 e. The molecule has 3 rings (SSSR count). The number of aryl methyl sites for hydroxylation is 1. The van der Waals surface area contributed by atoms with Crippen molar-refractivity contribution in [2.24, 2.45) is 0 Å². The third-order valence-corrected chi connectivity index (χ3v) is 5.90. The Labute approximate surface area is 168 Å². The van der Waals surface area contributed by atoms with Gasteiger partial charge in [0.15, 0.2) is 0 Å². The van der Waals surface area contributed by atoms with E-state index in [-0.39, 0.29) is 6.54 Å². The molecule has 0 unspecified atom stereocenters. The number of rotatable bonds is 5. The van der Waals surface area contributed by atoms with Gasteiger partial charge in [-0.2, -0.15) is 0 Å². The Bertz CT molecular complexity index is 1050. The second kappa shape index (κ2) is 7.81. The van der Waals surface area contributed by atoms with E-state index in [2.05, 4.69) is 10.6 Å². The molecule has 0 spiro atoms. The molecular weight excluding hydrogens is 402 g/mol. The molecule has 0 atom stereocenters. The van der Waals surface area contributed by atoms with Crippen LogP contribution in [0.15, 0.2) is 36.4 Å². The Balaban J connectivity index is 1.62. The van der Waals surface area contributed by atoms with E-state index in [1.807, 2.05) is 13.0 Å². The zero-order valence-corrected chi connectivity index (χ0v) is 17.0. The molecule has 1 heterocycles. The highest BCUT2D eigenvalue weighted by atomic mass is 35.5. The maximum atomic E-state index is 12.3. The van der Waals surface area contributed by atoms with E-state index in [9.17, 15) is 18.0 Å². The maximum Gasteiger partial charge on any atom is 0.251 e. The number of halogens is 1. The summed E-state index contributed by atoms with van der Waals surface area (Å²) in [6, 6.07) is 10.1. The number of amides is 2. The number of nitrogens with zero attached hydrogens (tertiary/aromatic N) is 1. The van der Waals surface area contributed by atoms with Gasteiger partial charge in [0.05, 0.1) is 29.2 Å². The zero-order chi connectivity index (χ0) is 20.5. The topological polar surface area (TPSA) is 95.6 Å². The molecule has 7 nitrogen and oxygen atoms in total. The Kier molecular flexibility index (Phi) is 5.62. The summed E-state index contributed by atoms with van der Waals surface area (Å²) in [5.41, 5.74) is 3.20. The fourth-order valence-electron chi connectivity index (χ4n) is 3.04. The van der Waals surface area contributed by atoms with Gasteiger partial charge in [0, 0.05) is 12.1 Å². The van der Waals surface area contributed by atoms with E-state index >= 15 is 0 Å². The van der Waals surface area contributed by atoms with Crippen molar-refractivity contribution in [3.8, 4) is 0 Å². The number of benzene rings is 2. The molecule has 0 aliphatic carbocycles. The quantitative estimate of drug-likeness (QED) is 0.774. The van der Waals surface area contributed by atoms with Gasteiger partial charge in [-0.1, -0.05) is 17.7 Å². The fraction of sp³-hybridized carbons (Fsp3) is 0.263. The normalized spacial score (nSPS) is 13.2. The monoisotopic (exact) mass is 421 g/mol. The highest BCUT2D eigenvalue weighted by Crippen LogP contribution is 2.30. The molecule has 9 heteroatoms. The van der Waals surface area contributed by atoms with Crippen LogP contribution in [0.4, 0.5) is 11.4 Å². The number of hydrogen-bond donors (Lipinski definition) is 2. The number of carbonyl (C=O) groups excluding carboxylic acids is 2. The molecule has 28 heavy (non-hydrogen) atoms. The average Bonchev–Trinajstić information content (AvgIpc) is 3.05. The van der Waals surface area contributed by atoms with Gasteiger partial charge in [-0.05, 0) is 54.8 Å². The van der Waals surface area contributed by atoms with E-state index in [0.29, 0.717) is 34.9 Å². The van der Waals surface area contributed by atoms with Crippen LogP contribution >= 0.6 is 11.6 Å². The van der Waals surface area contributed by atoms with Crippen molar-refractivity contribution in [3.05, 3.63) is 58.1 Å². The van der Waals surface area contributed by atoms with Gasteiger partial charge in [0.1, 0.15) is 0 Å². The lowest BCUT2D eigenvalue weighted by molar-refractivity contribution is -0.115. The zero-order valence-electron chi connectivity index (χ0n) is 15.5. The van der Waals surface area contributed by atoms with Crippen molar-refractivity contribution in [2.75, 3.05) is 29.0 Å². The number of fused-ring (bicyclic) bond motifs is 1. The second-order valence-corrected chi connectivity index (χ2v) is 8.96. The lowest BCUT2D eigenvalue weighted by Crippen LogP contribution is -2.33. The third-order valence-electron chi connectivity index (χ3n) is 4.40. The summed E-state index contributed by atoms with van der Waals surface area (Å²) in [6.45, 7) is 2.04. The Hall–Kier alpha value is -2.58. The average molecular weight is 422 g/mol. The Morgan fingerprint density at radius 2 is 1.93 bits per heavy atom. The minimum absolute atomic E-state index is 0.213. The number of hydrogen-bond acceptors (Lipinski definition) is 4. The number of sulfonamides is 1. The summed E-state index contributed by atoms with van der Waals surface area (Å²) in [5, 5.41) is 5.63. The van der Waals surface area contributed by atoms with Crippen LogP contribution < -0.4 is 14.9 Å². The van der Waals surface area contributed by atoms with Crippen LogP contribution in [0.25, 0.3) is 0 Å². The highest BCUT2D eigenvalue weighted by Gasteiger charge is 2.26. The fourth-order valence-corrected chi connectivity index (χ4v) is 4.28. The van der Waals surface area contributed by atoms with E-state index in [1.165, 1.54) is 4.31 Å². The van der Waals surface area contributed by atoms with Crippen molar-refractivity contribution in [1.82, 2.24) is 5.32 Å². The minimum atomic E-state index is -3.34. The lowest BCUT2D eigenvalue weighted by atomic mass is 10.1. The second-order valence-electron chi connectivity index (χ2n) is 6.64. The first kappa shape index (κ1) is 20.2. The summed E-state index contributed by atoms with van der Waals surface area (Å²) in [5.74, 6) is -0.811.